The number of unbranched alkanes of at least 4 members (excludes halogenated alkanes) is 46. The van der Waals surface area contributed by atoms with E-state index in [1.807, 2.05) is 0 Å². The zero-order valence-corrected chi connectivity index (χ0v) is 64.9. The Hall–Kier alpha value is -1.75. The number of hydrogen-bond donors (Lipinski definition) is 1. The Balaban J connectivity index is 3.98. The molecule has 0 aliphatic rings. The largest absolute Gasteiger partial charge is 0.466 e. The lowest BCUT2D eigenvalue weighted by molar-refractivity contribution is -0.143. The molecule has 0 unspecified atom stereocenters. The van der Waals surface area contributed by atoms with Crippen molar-refractivity contribution in [3.8, 4) is 0 Å². The highest BCUT2D eigenvalue weighted by atomic mass is 28.4. The van der Waals surface area contributed by atoms with Gasteiger partial charge in [-0.1, -0.05) is 348 Å². The second-order valence-electron chi connectivity index (χ2n) is 30.9. The Morgan fingerprint density at radius 1 is 0.367 bits per heavy atom. The second-order valence-corrected chi connectivity index (χ2v) is 40.5. The van der Waals surface area contributed by atoms with Crippen LogP contribution in [-0.2, 0) is 23.2 Å². The van der Waals surface area contributed by atoms with E-state index >= 15 is 0 Å². The summed E-state index contributed by atoms with van der Waals surface area (Å²) in [6, 6.07) is -0.201. The maximum Gasteiger partial charge on any atom is 0.305 e. The third kappa shape index (κ3) is 57.7. The SMILES string of the molecule is CCCCC/C=C\C/C=C\CCCCCCCC(=O)OCCCCCCCC/C=C\CCCCCCCCCCCCCCCCCCCCCCCC(=O)N[C@@H](CO[Si](C)(C)C(C)(C)C)[C@@H](/C=C/CCCCCCCCCCCCC)O[Si](C)(C)C(C)(C)C. The molecule has 0 bridgehead atoms. The number of allylic oxidation sites excluding steroid dienone is 7. The van der Waals surface area contributed by atoms with E-state index in [9.17, 15) is 9.59 Å². The fourth-order valence-electron chi connectivity index (χ4n) is 11.5. The van der Waals surface area contributed by atoms with Gasteiger partial charge in [-0.2, -0.15) is 0 Å². The monoisotopic (exact) mass is 1290 g/mol. The van der Waals surface area contributed by atoms with Gasteiger partial charge < -0.3 is 18.9 Å². The molecule has 0 aromatic heterocycles. The van der Waals surface area contributed by atoms with E-state index in [-0.39, 0.29) is 34.1 Å². The molecule has 0 aromatic rings. The molecule has 0 fully saturated rings. The van der Waals surface area contributed by atoms with Crippen LogP contribution in [0.1, 0.15) is 402 Å². The molecule has 0 aromatic carbocycles. The molecule has 90 heavy (non-hydrogen) atoms. The van der Waals surface area contributed by atoms with E-state index in [0.717, 1.165) is 44.9 Å². The quantitative estimate of drug-likeness (QED) is 0.0284. The maximum absolute atomic E-state index is 13.7. The highest BCUT2D eigenvalue weighted by molar-refractivity contribution is 6.74. The summed E-state index contributed by atoms with van der Waals surface area (Å²) < 4.78 is 19.5. The van der Waals surface area contributed by atoms with E-state index in [4.69, 9.17) is 13.6 Å². The molecule has 0 aliphatic carbocycles. The van der Waals surface area contributed by atoms with Crippen LogP contribution in [0.3, 0.4) is 0 Å². The molecule has 0 heterocycles. The van der Waals surface area contributed by atoms with Gasteiger partial charge in [0.1, 0.15) is 0 Å². The summed E-state index contributed by atoms with van der Waals surface area (Å²) in [7, 11) is -4.18. The average Bonchev–Trinajstić information content (AvgIpc) is 3.66. The molecule has 0 aliphatic heterocycles. The highest BCUT2D eigenvalue weighted by Gasteiger charge is 2.42. The number of ether oxygens (including phenoxy) is 1. The first kappa shape index (κ1) is 88.3. The molecule has 8 heteroatoms. The lowest BCUT2D eigenvalue weighted by Crippen LogP contribution is -2.54. The molecule has 0 radical (unpaired) electrons. The molecule has 0 saturated carbocycles. The topological polar surface area (TPSA) is 73.9 Å². The minimum absolute atomic E-state index is 0.00179. The van der Waals surface area contributed by atoms with Gasteiger partial charge in [-0.3, -0.25) is 9.59 Å². The molecule has 1 N–H and O–H groups in total. The van der Waals surface area contributed by atoms with Crippen molar-refractivity contribution in [3.05, 3.63) is 48.6 Å². The number of hydrogen-bond acceptors (Lipinski definition) is 5. The van der Waals surface area contributed by atoms with Crippen LogP contribution in [0.15, 0.2) is 48.6 Å². The maximum atomic E-state index is 13.7. The molecule has 1 amide bonds. The van der Waals surface area contributed by atoms with Gasteiger partial charge in [-0.25, -0.2) is 0 Å². The van der Waals surface area contributed by atoms with Crippen molar-refractivity contribution in [3.63, 3.8) is 0 Å². The second kappa shape index (κ2) is 62.1. The van der Waals surface area contributed by atoms with Gasteiger partial charge in [-0.15, -0.1) is 0 Å². The van der Waals surface area contributed by atoms with Crippen molar-refractivity contribution in [1.82, 2.24) is 5.32 Å². The number of rotatable bonds is 67. The summed E-state index contributed by atoms with van der Waals surface area (Å²) in [5, 5.41) is 3.66. The zero-order chi connectivity index (χ0) is 66.4. The molecule has 2 atom stereocenters. The number of nitrogens with one attached hydrogen (secondary N) is 1. The first-order valence-corrected chi connectivity index (χ1v) is 45.6. The zero-order valence-electron chi connectivity index (χ0n) is 62.9. The first-order valence-electron chi connectivity index (χ1n) is 39.8. The fourth-order valence-corrected chi connectivity index (χ4v) is 13.8. The van der Waals surface area contributed by atoms with Crippen molar-refractivity contribution in [2.24, 2.45) is 0 Å². The Morgan fingerprint density at radius 2 is 0.667 bits per heavy atom. The summed E-state index contributed by atoms with van der Waals surface area (Å²) in [6.07, 6.45) is 87.3. The lowest BCUT2D eigenvalue weighted by atomic mass is 10.0. The lowest BCUT2D eigenvalue weighted by Gasteiger charge is -2.42. The summed E-state index contributed by atoms with van der Waals surface area (Å²) in [5.74, 6) is 0.150. The molecular formula is C82H159NO5Si2. The summed E-state index contributed by atoms with van der Waals surface area (Å²) in [4.78, 5) is 25.8. The van der Waals surface area contributed by atoms with Crippen molar-refractivity contribution >= 4 is 28.5 Å². The highest BCUT2D eigenvalue weighted by Crippen LogP contribution is 2.39. The van der Waals surface area contributed by atoms with Crippen molar-refractivity contribution in [2.45, 2.75) is 451 Å². The molecule has 0 spiro atoms. The van der Waals surface area contributed by atoms with Crippen LogP contribution in [0, 0.1) is 0 Å². The van der Waals surface area contributed by atoms with Gasteiger partial charge in [0.25, 0.3) is 0 Å². The van der Waals surface area contributed by atoms with Crippen LogP contribution in [0.25, 0.3) is 0 Å². The standard InChI is InChI=1S/C82H159NO5Si2/c1-13-15-17-19-21-23-25-27-45-50-54-58-62-66-70-74-80(85)86-75-71-67-63-59-55-51-47-44-42-40-38-36-34-32-30-28-29-31-33-35-37-39-41-43-46-49-53-57-61-65-69-73-79(84)83-77(76-87-89(9,10)81(3,4)5)78(88-90(11,12)82(6,7)8)72-68-64-60-56-52-48-26-24-22-20-18-16-14-2/h21,23,27,42,44-45,68,72,77-78H,13-20,22,24-26,28-41,43,46-67,69-71,73-76H2,1-12H3,(H,83,84)/b23-21-,44-42-,45-27-,72-68+/t77-,78+/m0/s1. The summed E-state index contributed by atoms with van der Waals surface area (Å²) >= 11 is 0. The van der Waals surface area contributed by atoms with Crippen LogP contribution >= 0.6 is 0 Å². The van der Waals surface area contributed by atoms with Crippen LogP contribution in [0.5, 0.6) is 0 Å². The predicted octanol–water partition coefficient (Wildman–Crippen LogP) is 27.8. The molecule has 0 saturated heterocycles. The summed E-state index contributed by atoms with van der Waals surface area (Å²) in [6.45, 7) is 28.8. The van der Waals surface area contributed by atoms with Crippen LogP contribution < -0.4 is 5.32 Å². The van der Waals surface area contributed by atoms with Gasteiger partial charge in [0, 0.05) is 12.8 Å². The number of carbonyl (C=O) groups excluding carboxylic acids is 2. The van der Waals surface area contributed by atoms with Crippen molar-refractivity contribution in [2.75, 3.05) is 13.2 Å². The van der Waals surface area contributed by atoms with E-state index in [1.165, 1.54) is 289 Å². The van der Waals surface area contributed by atoms with Crippen molar-refractivity contribution in [1.29, 1.82) is 0 Å². The van der Waals surface area contributed by atoms with Crippen LogP contribution in [-0.4, -0.2) is 53.9 Å². The first-order chi connectivity index (χ1) is 43.4. The minimum atomic E-state index is -2.14. The molecule has 0 rings (SSSR count). The van der Waals surface area contributed by atoms with E-state index in [0.29, 0.717) is 26.1 Å². The number of amides is 1. The number of esters is 1. The smallest absolute Gasteiger partial charge is 0.305 e. The van der Waals surface area contributed by atoms with Crippen LogP contribution in [0.4, 0.5) is 0 Å². The third-order valence-electron chi connectivity index (χ3n) is 20.0. The van der Waals surface area contributed by atoms with E-state index in [1.54, 1.807) is 0 Å². The predicted molar refractivity (Wildman–Crippen MR) is 405 cm³/mol. The van der Waals surface area contributed by atoms with Crippen molar-refractivity contribution < 1.29 is 23.2 Å². The van der Waals surface area contributed by atoms with Gasteiger partial charge in [-0.05, 0) is 126 Å². The summed E-state index contributed by atoms with van der Waals surface area (Å²) in [5.41, 5.74) is 0. The molecule has 530 valence electrons. The third-order valence-corrected chi connectivity index (χ3v) is 29.0. The fraction of sp³-hybridized carbons (Fsp3) is 0.878. The van der Waals surface area contributed by atoms with Gasteiger partial charge in [0.15, 0.2) is 16.6 Å². The molecular weight excluding hydrogens is 1140 g/mol. The Bertz CT molecular complexity index is 1690. The van der Waals surface area contributed by atoms with E-state index < -0.39 is 16.6 Å². The normalized spacial score (nSPS) is 13.5. The Kier molecular flexibility index (Phi) is 60.9. The minimum Gasteiger partial charge on any atom is -0.466 e. The molecule has 6 nitrogen and oxygen atoms in total. The van der Waals surface area contributed by atoms with Crippen LogP contribution in [0.2, 0.25) is 36.3 Å². The van der Waals surface area contributed by atoms with Gasteiger partial charge >= 0.3 is 5.97 Å². The Morgan fingerprint density at radius 3 is 1.04 bits per heavy atom. The van der Waals surface area contributed by atoms with Gasteiger partial charge in [0.2, 0.25) is 5.91 Å². The number of carbonyl (C=O) groups is 2. The Labute approximate surface area is 566 Å². The average molecular weight is 1300 g/mol. The van der Waals surface area contributed by atoms with Gasteiger partial charge in [0.05, 0.1) is 25.4 Å². The van der Waals surface area contributed by atoms with E-state index in [2.05, 4.69) is 136 Å².